The van der Waals surface area contributed by atoms with E-state index < -0.39 is 11.7 Å². The summed E-state index contributed by atoms with van der Waals surface area (Å²) in [4.78, 5) is 55.7. The van der Waals surface area contributed by atoms with Crippen LogP contribution in [0.4, 0.5) is 5.69 Å². The van der Waals surface area contributed by atoms with Gasteiger partial charge < -0.3 is 14.8 Å². The lowest BCUT2D eigenvalue weighted by Gasteiger charge is -2.37. The number of Topliss-reactive ketones (excluding diaryl/α,β-unsaturated/α-hetero) is 1. The predicted molar refractivity (Wildman–Crippen MR) is 148 cm³/mol. The molecule has 0 saturated carbocycles. The molecule has 2 aliphatic heterocycles. The van der Waals surface area contributed by atoms with Gasteiger partial charge in [0.15, 0.2) is 23.1 Å². The number of nitrogens with zero attached hydrogens (tertiary/aromatic N) is 1. The molecule has 204 valence electrons. The fourth-order valence-electron chi connectivity index (χ4n) is 5.77. The van der Waals surface area contributed by atoms with Crippen LogP contribution in [0.5, 0.6) is 0 Å². The van der Waals surface area contributed by atoms with Crippen LogP contribution in [0.25, 0.3) is 0 Å². The monoisotopic (exact) mass is 538 g/mol. The average molecular weight is 539 g/mol. The van der Waals surface area contributed by atoms with Gasteiger partial charge >= 0.3 is 0 Å². The number of hydrogen-bond acceptors (Lipinski definition) is 7. The third kappa shape index (κ3) is 4.90. The van der Waals surface area contributed by atoms with Gasteiger partial charge in [0.25, 0.3) is 5.91 Å². The molecule has 3 aromatic rings. The van der Waals surface area contributed by atoms with E-state index in [0.717, 1.165) is 5.56 Å². The number of benzene rings is 3. The van der Waals surface area contributed by atoms with Crippen molar-refractivity contribution >= 4 is 28.9 Å². The second-order valence-electron chi connectivity index (χ2n) is 10.6. The van der Waals surface area contributed by atoms with Gasteiger partial charge in [-0.1, -0.05) is 48.0 Å². The Morgan fingerprint density at radius 2 is 1.50 bits per heavy atom. The van der Waals surface area contributed by atoms with E-state index in [4.69, 9.17) is 9.47 Å². The van der Waals surface area contributed by atoms with Crippen LogP contribution in [0.15, 0.2) is 60.7 Å². The number of ketones is 3. The molecule has 0 bridgehead atoms. The lowest BCUT2D eigenvalue weighted by molar-refractivity contribution is -0.185. The molecule has 3 aromatic carbocycles. The lowest BCUT2D eigenvalue weighted by atomic mass is 9.81. The molecule has 1 aliphatic carbocycles. The minimum absolute atomic E-state index is 0.00848. The number of carbonyl (C=O) groups is 4. The number of anilines is 1. The number of amides is 1. The Kier molecular flexibility index (Phi) is 6.92. The van der Waals surface area contributed by atoms with Gasteiger partial charge in [-0.25, -0.2) is 0 Å². The Morgan fingerprint density at radius 1 is 0.850 bits per heavy atom. The second kappa shape index (κ2) is 10.5. The zero-order chi connectivity index (χ0) is 27.9. The molecule has 1 N–H and O–H groups in total. The summed E-state index contributed by atoms with van der Waals surface area (Å²) < 4.78 is 11.6. The molecule has 40 heavy (non-hydrogen) atoms. The Bertz CT molecular complexity index is 1510. The van der Waals surface area contributed by atoms with Gasteiger partial charge in [0.1, 0.15) is 0 Å². The van der Waals surface area contributed by atoms with Crippen molar-refractivity contribution in [1.29, 1.82) is 0 Å². The number of hydrogen-bond donors (Lipinski definition) is 1. The fourth-order valence-corrected chi connectivity index (χ4v) is 5.77. The lowest BCUT2D eigenvalue weighted by Crippen LogP contribution is -2.46. The molecule has 3 aliphatic rings. The zero-order valence-electron chi connectivity index (χ0n) is 22.3. The summed E-state index contributed by atoms with van der Waals surface area (Å²) in [7, 11) is 0. The maximum atomic E-state index is 13.7. The first-order valence-corrected chi connectivity index (χ1v) is 13.6. The summed E-state index contributed by atoms with van der Waals surface area (Å²) >= 11 is 0. The van der Waals surface area contributed by atoms with Crippen molar-refractivity contribution in [3.8, 4) is 0 Å². The van der Waals surface area contributed by atoms with Crippen molar-refractivity contribution in [2.45, 2.75) is 32.0 Å². The highest BCUT2D eigenvalue weighted by atomic mass is 16.7. The molecule has 8 nitrogen and oxygen atoms in total. The minimum Gasteiger partial charge on any atom is -0.347 e. The molecule has 2 heterocycles. The van der Waals surface area contributed by atoms with E-state index in [0.29, 0.717) is 55.8 Å². The molecule has 1 spiro atoms. The largest absolute Gasteiger partial charge is 0.347 e. The molecule has 0 atom stereocenters. The molecule has 0 unspecified atom stereocenters. The molecule has 2 saturated heterocycles. The van der Waals surface area contributed by atoms with Gasteiger partial charge in [0.2, 0.25) is 0 Å². The third-order valence-corrected chi connectivity index (χ3v) is 7.95. The molecular weight excluding hydrogens is 508 g/mol. The smallest absolute Gasteiger partial charge is 0.255 e. The van der Waals surface area contributed by atoms with Crippen molar-refractivity contribution in [3.63, 3.8) is 0 Å². The second-order valence-corrected chi connectivity index (χ2v) is 10.6. The molecular formula is C32H30N2O6. The number of fused-ring (bicyclic) bond motifs is 2. The van der Waals surface area contributed by atoms with Gasteiger partial charge in [-0.15, -0.1) is 0 Å². The van der Waals surface area contributed by atoms with Gasteiger partial charge in [-0.2, -0.15) is 0 Å². The summed E-state index contributed by atoms with van der Waals surface area (Å²) in [5.41, 5.74) is 3.10. The fraction of sp³-hybridized carbons (Fsp3) is 0.312. The van der Waals surface area contributed by atoms with Crippen molar-refractivity contribution < 1.29 is 28.7 Å². The highest BCUT2D eigenvalue weighted by Gasteiger charge is 2.40. The Hall–Kier alpha value is -3.98. The number of carbonyl (C=O) groups excluding carboxylic acids is 4. The van der Waals surface area contributed by atoms with Crippen LogP contribution in [-0.2, 0) is 20.7 Å². The molecule has 0 aromatic heterocycles. The van der Waals surface area contributed by atoms with Crippen LogP contribution < -0.4 is 5.32 Å². The highest BCUT2D eigenvalue weighted by molar-refractivity contribution is 6.31. The van der Waals surface area contributed by atoms with E-state index in [1.807, 2.05) is 19.1 Å². The van der Waals surface area contributed by atoms with Gasteiger partial charge in [-0.05, 0) is 30.7 Å². The van der Waals surface area contributed by atoms with Crippen LogP contribution in [0.2, 0.25) is 0 Å². The van der Waals surface area contributed by atoms with E-state index in [2.05, 4.69) is 10.2 Å². The van der Waals surface area contributed by atoms with Crippen LogP contribution in [0, 0.1) is 6.92 Å². The SMILES string of the molecule is Cc1ccc(C(=O)Nc2c(CC(=O)CN3CCC4(CC3)OCCO4)ccc3c2C(=O)c2ccccc2C3=O)cc1. The minimum atomic E-state index is -0.519. The normalized spacial score (nSPS) is 17.9. The number of ether oxygens (including phenoxy) is 2. The average Bonchev–Trinajstić information content (AvgIpc) is 3.42. The summed E-state index contributed by atoms with van der Waals surface area (Å²) in [5, 5.41) is 2.89. The maximum absolute atomic E-state index is 13.7. The van der Waals surface area contributed by atoms with Crippen molar-refractivity contribution in [3.05, 3.63) is 99.6 Å². The number of nitrogens with one attached hydrogen (secondary N) is 1. The van der Waals surface area contributed by atoms with E-state index in [9.17, 15) is 19.2 Å². The van der Waals surface area contributed by atoms with Gasteiger partial charge in [0.05, 0.1) is 31.0 Å². The van der Waals surface area contributed by atoms with Gasteiger partial charge in [-0.3, -0.25) is 24.1 Å². The molecule has 1 amide bonds. The summed E-state index contributed by atoms with van der Waals surface area (Å²) in [6.45, 7) is 4.71. The third-order valence-electron chi connectivity index (χ3n) is 7.95. The summed E-state index contributed by atoms with van der Waals surface area (Å²) in [6, 6.07) is 17.0. The van der Waals surface area contributed by atoms with E-state index in [-0.39, 0.29) is 52.7 Å². The maximum Gasteiger partial charge on any atom is 0.255 e. The van der Waals surface area contributed by atoms with Crippen LogP contribution >= 0.6 is 0 Å². The number of likely N-dealkylation sites (tertiary alicyclic amines) is 1. The van der Waals surface area contributed by atoms with E-state index >= 15 is 0 Å². The molecule has 0 radical (unpaired) electrons. The highest BCUT2D eigenvalue weighted by Crippen LogP contribution is 2.35. The van der Waals surface area contributed by atoms with E-state index in [1.54, 1.807) is 48.5 Å². The first kappa shape index (κ1) is 26.3. The predicted octanol–water partition coefficient (Wildman–Crippen LogP) is 3.97. The molecule has 8 heteroatoms. The summed E-state index contributed by atoms with van der Waals surface area (Å²) in [6.07, 6.45) is 1.41. The topological polar surface area (TPSA) is 102 Å². The Morgan fingerprint density at radius 3 is 2.17 bits per heavy atom. The van der Waals surface area contributed by atoms with E-state index in [1.165, 1.54) is 0 Å². The zero-order valence-corrected chi connectivity index (χ0v) is 22.3. The van der Waals surface area contributed by atoms with Crippen LogP contribution in [0.1, 0.15) is 66.2 Å². The number of piperidine rings is 1. The first-order valence-electron chi connectivity index (χ1n) is 13.6. The van der Waals surface area contributed by atoms with Crippen molar-refractivity contribution in [2.75, 3.05) is 38.2 Å². The first-order chi connectivity index (χ1) is 19.3. The quantitative estimate of drug-likeness (QED) is 0.396. The van der Waals surface area contributed by atoms with Gasteiger partial charge in [0, 0.05) is 54.6 Å². The van der Waals surface area contributed by atoms with Crippen molar-refractivity contribution in [2.24, 2.45) is 0 Å². The van der Waals surface area contributed by atoms with Crippen LogP contribution in [0.3, 0.4) is 0 Å². The summed E-state index contributed by atoms with van der Waals surface area (Å²) in [5.74, 6) is -1.62. The van der Waals surface area contributed by atoms with Crippen molar-refractivity contribution in [1.82, 2.24) is 4.90 Å². The number of rotatable bonds is 6. The molecule has 2 fully saturated rings. The number of aryl methyl sites for hydroxylation is 1. The Labute approximate surface area is 232 Å². The Balaban J connectivity index is 1.29. The standard InChI is InChI=1S/C32H30N2O6/c1-20-6-8-21(9-7-20)31(38)33-28-22(18-23(35)19-34-14-12-32(13-15-34)39-16-17-40-32)10-11-26-27(28)30(37)25-5-3-2-4-24(25)29(26)36/h2-11H,12-19H2,1H3,(H,33,38). The van der Waals surface area contributed by atoms with Crippen LogP contribution in [-0.4, -0.2) is 66.8 Å². The molecule has 6 rings (SSSR count).